The van der Waals surface area contributed by atoms with E-state index < -0.39 is 0 Å². The number of alkyl halides is 1. The topological polar surface area (TPSA) is 17.1 Å². The average molecular weight is 118 g/mol. The van der Waals surface area contributed by atoms with Gasteiger partial charge in [0.05, 0.1) is 6.67 Å². The van der Waals surface area contributed by atoms with Gasteiger partial charge in [-0.25, -0.2) is 0 Å². The van der Waals surface area contributed by atoms with Crippen molar-refractivity contribution in [1.29, 1.82) is 0 Å². The van der Waals surface area contributed by atoms with Crippen molar-refractivity contribution >= 4 is 5.78 Å². The van der Waals surface area contributed by atoms with E-state index in [1.54, 1.807) is 6.92 Å². The highest BCUT2D eigenvalue weighted by Gasteiger charge is 1.94. The number of hydrogen-bond acceptors (Lipinski definition) is 1. The molecule has 0 radical (unpaired) electrons. The molecule has 2 heteroatoms. The zero-order valence-corrected chi connectivity index (χ0v) is 5.11. The molecule has 0 atom stereocenters. The summed E-state index contributed by atoms with van der Waals surface area (Å²) in [4.78, 5) is 10.4. The van der Waals surface area contributed by atoms with Crippen LogP contribution < -0.4 is 0 Å². The second-order valence-corrected chi connectivity index (χ2v) is 1.68. The fraction of sp³-hybridized carbons (Fsp3) is 0.833. The van der Waals surface area contributed by atoms with Crippen molar-refractivity contribution in [3.8, 4) is 0 Å². The van der Waals surface area contributed by atoms with E-state index in [1.165, 1.54) is 0 Å². The van der Waals surface area contributed by atoms with Gasteiger partial charge in [0.15, 0.2) is 0 Å². The van der Waals surface area contributed by atoms with E-state index in [0.29, 0.717) is 19.3 Å². The molecule has 0 rings (SSSR count). The Morgan fingerprint density at radius 1 is 1.62 bits per heavy atom. The van der Waals surface area contributed by atoms with Gasteiger partial charge in [0, 0.05) is 12.8 Å². The van der Waals surface area contributed by atoms with Gasteiger partial charge in [-0.1, -0.05) is 6.92 Å². The van der Waals surface area contributed by atoms with Gasteiger partial charge < -0.3 is 0 Å². The lowest BCUT2D eigenvalue weighted by molar-refractivity contribution is -0.118. The van der Waals surface area contributed by atoms with E-state index in [1.807, 2.05) is 0 Å². The van der Waals surface area contributed by atoms with Gasteiger partial charge in [-0.15, -0.1) is 0 Å². The number of carbonyl (C=O) groups excluding carboxylic acids is 1. The summed E-state index contributed by atoms with van der Waals surface area (Å²) in [7, 11) is 0. The number of halogens is 1. The van der Waals surface area contributed by atoms with E-state index in [-0.39, 0.29) is 12.5 Å². The minimum atomic E-state index is -0.369. The predicted octanol–water partition coefficient (Wildman–Crippen LogP) is 1.72. The number of Topliss-reactive ketones (excluding diaryl/α,β-unsaturated/α-hetero) is 1. The van der Waals surface area contributed by atoms with E-state index in [2.05, 4.69) is 0 Å². The molecule has 1 nitrogen and oxygen atoms in total. The van der Waals surface area contributed by atoms with Crippen molar-refractivity contribution in [3.05, 3.63) is 0 Å². The van der Waals surface area contributed by atoms with Gasteiger partial charge in [0.1, 0.15) is 5.78 Å². The van der Waals surface area contributed by atoms with Crippen molar-refractivity contribution in [2.24, 2.45) is 0 Å². The first kappa shape index (κ1) is 7.60. The largest absolute Gasteiger partial charge is 0.300 e. The first-order chi connectivity index (χ1) is 3.81. The Kier molecular flexibility index (Phi) is 4.51. The van der Waals surface area contributed by atoms with Crippen molar-refractivity contribution in [2.45, 2.75) is 26.2 Å². The molecular formula is C6H11FO. The molecule has 0 fully saturated rings. The zero-order valence-electron chi connectivity index (χ0n) is 5.11. The maximum atomic E-state index is 11.3. The molecule has 0 bridgehead atoms. The van der Waals surface area contributed by atoms with Crippen LogP contribution in [0.5, 0.6) is 0 Å². The van der Waals surface area contributed by atoms with Gasteiger partial charge in [-0.2, -0.15) is 0 Å². The van der Waals surface area contributed by atoms with E-state index in [9.17, 15) is 9.18 Å². The molecule has 0 aromatic carbocycles. The Balaban J connectivity index is 2.99. The van der Waals surface area contributed by atoms with Crippen LogP contribution in [0.25, 0.3) is 0 Å². The number of rotatable bonds is 4. The van der Waals surface area contributed by atoms with Crippen LogP contribution in [0.15, 0.2) is 0 Å². The minimum absolute atomic E-state index is 0.155. The summed E-state index contributed by atoms with van der Waals surface area (Å²) in [5.74, 6) is 0.155. The van der Waals surface area contributed by atoms with E-state index >= 15 is 0 Å². The van der Waals surface area contributed by atoms with Crippen molar-refractivity contribution < 1.29 is 9.18 Å². The SMILES string of the molecule is CCC(=O)CCCF. The Bertz CT molecular complexity index is 70.9. The molecule has 48 valence electrons. The summed E-state index contributed by atoms with van der Waals surface area (Å²) in [5.41, 5.74) is 0. The van der Waals surface area contributed by atoms with E-state index in [0.717, 1.165) is 0 Å². The quantitative estimate of drug-likeness (QED) is 0.549. The fourth-order valence-corrected chi connectivity index (χ4v) is 0.441. The van der Waals surface area contributed by atoms with Gasteiger partial charge in [0.25, 0.3) is 0 Å². The average Bonchev–Trinajstić information content (AvgIpc) is 1.83. The lowest BCUT2D eigenvalue weighted by Gasteiger charge is -1.89. The molecular weight excluding hydrogens is 107 g/mol. The third-order valence-corrected chi connectivity index (χ3v) is 0.984. The third-order valence-electron chi connectivity index (χ3n) is 0.984. The molecule has 0 heterocycles. The standard InChI is InChI=1S/C6H11FO/c1-2-6(8)4-3-5-7/h2-5H2,1H3. The van der Waals surface area contributed by atoms with Crippen LogP contribution >= 0.6 is 0 Å². The molecule has 0 aromatic rings. The Morgan fingerprint density at radius 3 is 2.62 bits per heavy atom. The zero-order chi connectivity index (χ0) is 6.41. The Morgan fingerprint density at radius 2 is 2.25 bits per heavy atom. The van der Waals surface area contributed by atoms with Crippen LogP contribution in [0.3, 0.4) is 0 Å². The highest BCUT2D eigenvalue weighted by molar-refractivity contribution is 5.77. The van der Waals surface area contributed by atoms with Crippen molar-refractivity contribution in [1.82, 2.24) is 0 Å². The van der Waals surface area contributed by atoms with Gasteiger partial charge in [-0.3, -0.25) is 9.18 Å². The van der Waals surface area contributed by atoms with Crippen molar-refractivity contribution in [2.75, 3.05) is 6.67 Å². The molecule has 0 spiro atoms. The second-order valence-electron chi connectivity index (χ2n) is 1.68. The Hall–Kier alpha value is -0.400. The van der Waals surface area contributed by atoms with Gasteiger partial charge in [0.2, 0.25) is 0 Å². The maximum Gasteiger partial charge on any atom is 0.132 e. The smallest absolute Gasteiger partial charge is 0.132 e. The predicted molar refractivity (Wildman–Crippen MR) is 30.5 cm³/mol. The first-order valence-electron chi connectivity index (χ1n) is 2.89. The molecule has 0 aromatic heterocycles. The van der Waals surface area contributed by atoms with Gasteiger partial charge in [-0.05, 0) is 6.42 Å². The van der Waals surface area contributed by atoms with Crippen LogP contribution in [-0.2, 0) is 4.79 Å². The van der Waals surface area contributed by atoms with Crippen LogP contribution in [0.1, 0.15) is 26.2 Å². The third kappa shape index (κ3) is 3.78. The minimum Gasteiger partial charge on any atom is -0.300 e. The fourth-order valence-electron chi connectivity index (χ4n) is 0.441. The lowest BCUT2D eigenvalue weighted by atomic mass is 10.2. The van der Waals surface area contributed by atoms with Crippen LogP contribution in [0, 0.1) is 0 Å². The summed E-state index contributed by atoms with van der Waals surface area (Å²) in [6, 6.07) is 0. The van der Waals surface area contributed by atoms with Crippen LogP contribution in [0.4, 0.5) is 4.39 Å². The lowest BCUT2D eigenvalue weighted by Crippen LogP contribution is -1.94. The number of ketones is 1. The highest BCUT2D eigenvalue weighted by atomic mass is 19.1. The monoisotopic (exact) mass is 118 g/mol. The molecule has 8 heavy (non-hydrogen) atoms. The van der Waals surface area contributed by atoms with E-state index in [4.69, 9.17) is 0 Å². The summed E-state index contributed by atoms with van der Waals surface area (Å²) in [5, 5.41) is 0. The van der Waals surface area contributed by atoms with Crippen LogP contribution in [0.2, 0.25) is 0 Å². The molecule has 0 N–H and O–H groups in total. The molecule has 0 aliphatic heterocycles. The first-order valence-corrected chi connectivity index (χ1v) is 2.89. The molecule has 0 saturated carbocycles. The molecule has 0 aliphatic carbocycles. The molecule has 0 saturated heterocycles. The van der Waals surface area contributed by atoms with Crippen molar-refractivity contribution in [3.63, 3.8) is 0 Å². The molecule has 0 amide bonds. The summed E-state index contributed by atoms with van der Waals surface area (Å²) < 4.78 is 11.3. The Labute approximate surface area is 48.9 Å². The molecule has 0 unspecified atom stereocenters. The summed E-state index contributed by atoms with van der Waals surface area (Å²) in [6.45, 7) is 1.42. The highest BCUT2D eigenvalue weighted by Crippen LogP contribution is 1.93. The molecule has 0 aliphatic rings. The van der Waals surface area contributed by atoms with Crippen LogP contribution in [-0.4, -0.2) is 12.5 Å². The maximum absolute atomic E-state index is 11.3. The summed E-state index contributed by atoms with van der Waals surface area (Å²) >= 11 is 0. The second kappa shape index (κ2) is 4.75. The number of hydrogen-bond donors (Lipinski definition) is 0. The van der Waals surface area contributed by atoms with Gasteiger partial charge >= 0.3 is 0 Å². The normalized spacial score (nSPS) is 9.25. The summed E-state index contributed by atoms with van der Waals surface area (Å²) in [6.07, 6.45) is 1.35. The number of carbonyl (C=O) groups is 1.